The van der Waals surface area contributed by atoms with Crippen molar-refractivity contribution in [2.75, 3.05) is 6.54 Å². The molecule has 2 atom stereocenters. The molecule has 0 aliphatic carbocycles. The van der Waals surface area contributed by atoms with Crippen LogP contribution in [0.5, 0.6) is 0 Å². The van der Waals surface area contributed by atoms with Gasteiger partial charge in [0.15, 0.2) is 0 Å². The molecule has 2 heterocycles. The highest BCUT2D eigenvalue weighted by atomic mass is 16.2. The first-order chi connectivity index (χ1) is 9.39. The number of aromatic nitrogens is 1. The minimum atomic E-state index is -0.600. The molecule has 5 heteroatoms. The Morgan fingerprint density at radius 3 is 2.65 bits per heavy atom. The monoisotopic (exact) mass is 275 g/mol. The van der Waals surface area contributed by atoms with Crippen LogP contribution in [-0.4, -0.2) is 23.3 Å². The molecule has 1 saturated heterocycles. The highest BCUT2D eigenvalue weighted by molar-refractivity contribution is 6.02. The third kappa shape index (κ3) is 3.15. The van der Waals surface area contributed by atoms with E-state index in [1.807, 2.05) is 12.1 Å². The lowest BCUT2D eigenvalue weighted by Gasteiger charge is -2.29. The number of nitrogens with zero attached hydrogens (tertiary/aromatic N) is 1. The van der Waals surface area contributed by atoms with Crippen molar-refractivity contribution in [3.8, 4) is 0 Å². The Hall–Kier alpha value is -1.91. The van der Waals surface area contributed by atoms with E-state index in [1.54, 1.807) is 12.4 Å². The van der Waals surface area contributed by atoms with E-state index in [0.717, 1.165) is 5.56 Å². The summed E-state index contributed by atoms with van der Waals surface area (Å²) in [5.74, 6) is -0.946. The largest absolute Gasteiger partial charge is 0.355 e. The van der Waals surface area contributed by atoms with E-state index in [9.17, 15) is 9.59 Å². The average Bonchev–Trinajstić information content (AvgIpc) is 2.79. The number of hydrogen-bond donors (Lipinski definition) is 2. The normalized spacial score (nSPS) is 22.4. The lowest BCUT2D eigenvalue weighted by atomic mass is 9.74. The minimum absolute atomic E-state index is 0.0208. The van der Waals surface area contributed by atoms with Crippen LogP contribution < -0.4 is 10.6 Å². The Morgan fingerprint density at radius 2 is 2.05 bits per heavy atom. The Morgan fingerprint density at radius 1 is 1.40 bits per heavy atom. The number of rotatable bonds is 3. The average molecular weight is 275 g/mol. The summed E-state index contributed by atoms with van der Waals surface area (Å²) in [4.78, 5) is 28.1. The van der Waals surface area contributed by atoms with Crippen LogP contribution in [-0.2, 0) is 16.1 Å². The summed E-state index contributed by atoms with van der Waals surface area (Å²) in [5, 5.41) is 5.64. The van der Waals surface area contributed by atoms with E-state index in [0.29, 0.717) is 13.1 Å². The quantitative estimate of drug-likeness (QED) is 0.812. The van der Waals surface area contributed by atoms with Crippen LogP contribution in [0.15, 0.2) is 24.5 Å². The molecule has 2 unspecified atom stereocenters. The molecule has 2 amide bonds. The molecule has 0 aromatic carbocycles. The SMILES string of the molecule is CC(C)(C)C1CNC(=O)C1C(=O)NCc1ccncc1. The lowest BCUT2D eigenvalue weighted by molar-refractivity contribution is -0.135. The summed E-state index contributed by atoms with van der Waals surface area (Å²) in [6.45, 7) is 7.15. The van der Waals surface area contributed by atoms with Crippen molar-refractivity contribution in [3.63, 3.8) is 0 Å². The minimum Gasteiger partial charge on any atom is -0.355 e. The Bertz CT molecular complexity index is 494. The first-order valence-electron chi connectivity index (χ1n) is 6.84. The van der Waals surface area contributed by atoms with E-state index in [-0.39, 0.29) is 23.1 Å². The second kappa shape index (κ2) is 5.61. The van der Waals surface area contributed by atoms with E-state index in [2.05, 4.69) is 36.4 Å². The van der Waals surface area contributed by atoms with Crippen LogP contribution in [0, 0.1) is 17.3 Å². The van der Waals surface area contributed by atoms with Gasteiger partial charge in [-0.05, 0) is 23.1 Å². The molecule has 1 aromatic rings. The van der Waals surface area contributed by atoms with Gasteiger partial charge in [-0.2, -0.15) is 0 Å². The van der Waals surface area contributed by atoms with Crippen molar-refractivity contribution < 1.29 is 9.59 Å². The second-order valence-electron chi connectivity index (χ2n) is 6.27. The van der Waals surface area contributed by atoms with E-state index >= 15 is 0 Å². The smallest absolute Gasteiger partial charge is 0.233 e. The molecule has 0 saturated carbocycles. The van der Waals surface area contributed by atoms with Gasteiger partial charge >= 0.3 is 0 Å². The fraction of sp³-hybridized carbons (Fsp3) is 0.533. The lowest BCUT2D eigenvalue weighted by Crippen LogP contribution is -2.40. The van der Waals surface area contributed by atoms with Crippen molar-refractivity contribution in [1.82, 2.24) is 15.6 Å². The molecule has 1 aliphatic heterocycles. The molecule has 2 rings (SSSR count). The van der Waals surface area contributed by atoms with Gasteiger partial charge in [-0.25, -0.2) is 0 Å². The molecule has 0 bridgehead atoms. The molecule has 0 radical (unpaired) electrons. The van der Waals surface area contributed by atoms with Gasteiger partial charge in [0, 0.05) is 31.4 Å². The van der Waals surface area contributed by atoms with Crippen molar-refractivity contribution in [2.24, 2.45) is 17.3 Å². The van der Waals surface area contributed by atoms with Crippen LogP contribution in [0.1, 0.15) is 26.3 Å². The third-order valence-corrected chi connectivity index (χ3v) is 3.79. The molecule has 0 spiro atoms. The Kier molecular flexibility index (Phi) is 4.06. The highest BCUT2D eigenvalue weighted by Crippen LogP contribution is 2.35. The fourth-order valence-corrected chi connectivity index (χ4v) is 2.53. The zero-order chi connectivity index (χ0) is 14.8. The molecular weight excluding hydrogens is 254 g/mol. The zero-order valence-electron chi connectivity index (χ0n) is 12.1. The van der Waals surface area contributed by atoms with Crippen LogP contribution in [0.4, 0.5) is 0 Å². The predicted octanol–water partition coefficient (Wildman–Crippen LogP) is 1.11. The van der Waals surface area contributed by atoms with E-state index < -0.39 is 5.92 Å². The van der Waals surface area contributed by atoms with Crippen LogP contribution >= 0.6 is 0 Å². The Labute approximate surface area is 119 Å². The number of amides is 2. The predicted molar refractivity (Wildman–Crippen MR) is 75.5 cm³/mol. The summed E-state index contributed by atoms with van der Waals surface area (Å²) >= 11 is 0. The van der Waals surface area contributed by atoms with Gasteiger partial charge in [0.2, 0.25) is 11.8 Å². The Balaban J connectivity index is 2.02. The number of nitrogens with one attached hydrogen (secondary N) is 2. The maximum atomic E-state index is 12.3. The van der Waals surface area contributed by atoms with Gasteiger partial charge in [-0.1, -0.05) is 20.8 Å². The van der Waals surface area contributed by atoms with Crippen molar-refractivity contribution in [2.45, 2.75) is 27.3 Å². The van der Waals surface area contributed by atoms with E-state index in [1.165, 1.54) is 0 Å². The first-order valence-corrected chi connectivity index (χ1v) is 6.84. The van der Waals surface area contributed by atoms with Crippen LogP contribution in [0.25, 0.3) is 0 Å². The van der Waals surface area contributed by atoms with E-state index in [4.69, 9.17) is 0 Å². The van der Waals surface area contributed by atoms with Crippen molar-refractivity contribution in [1.29, 1.82) is 0 Å². The van der Waals surface area contributed by atoms with Gasteiger partial charge in [0.05, 0.1) is 0 Å². The maximum Gasteiger partial charge on any atom is 0.233 e. The van der Waals surface area contributed by atoms with Gasteiger partial charge in [0.25, 0.3) is 0 Å². The summed E-state index contributed by atoms with van der Waals surface area (Å²) < 4.78 is 0. The van der Waals surface area contributed by atoms with Gasteiger partial charge in [-0.15, -0.1) is 0 Å². The third-order valence-electron chi connectivity index (χ3n) is 3.79. The summed E-state index contributed by atoms with van der Waals surface area (Å²) in [5.41, 5.74) is 0.886. The molecule has 108 valence electrons. The zero-order valence-corrected chi connectivity index (χ0v) is 12.1. The van der Waals surface area contributed by atoms with Crippen molar-refractivity contribution >= 4 is 11.8 Å². The molecular formula is C15H21N3O2. The molecule has 1 fully saturated rings. The van der Waals surface area contributed by atoms with Crippen LogP contribution in [0.2, 0.25) is 0 Å². The number of carbonyl (C=O) groups is 2. The maximum absolute atomic E-state index is 12.3. The standard InChI is InChI=1S/C15H21N3O2/c1-15(2,3)11-9-18-14(20)12(11)13(19)17-8-10-4-6-16-7-5-10/h4-7,11-12H,8-9H2,1-3H3,(H,17,19)(H,18,20). The first kappa shape index (κ1) is 14.5. The number of hydrogen-bond acceptors (Lipinski definition) is 3. The fourth-order valence-electron chi connectivity index (χ4n) is 2.53. The summed E-state index contributed by atoms with van der Waals surface area (Å²) in [6, 6.07) is 3.69. The molecule has 20 heavy (non-hydrogen) atoms. The second-order valence-corrected chi connectivity index (χ2v) is 6.27. The highest BCUT2D eigenvalue weighted by Gasteiger charge is 2.45. The van der Waals surface area contributed by atoms with Gasteiger partial charge in [0.1, 0.15) is 5.92 Å². The topological polar surface area (TPSA) is 71.1 Å². The molecule has 2 N–H and O–H groups in total. The molecule has 1 aromatic heterocycles. The summed E-state index contributed by atoms with van der Waals surface area (Å²) in [7, 11) is 0. The number of carbonyl (C=O) groups excluding carboxylic acids is 2. The van der Waals surface area contributed by atoms with Gasteiger partial charge in [-0.3, -0.25) is 14.6 Å². The van der Waals surface area contributed by atoms with Crippen LogP contribution in [0.3, 0.4) is 0 Å². The van der Waals surface area contributed by atoms with Crippen molar-refractivity contribution in [3.05, 3.63) is 30.1 Å². The summed E-state index contributed by atoms with van der Waals surface area (Å²) in [6.07, 6.45) is 3.36. The van der Waals surface area contributed by atoms with Gasteiger partial charge < -0.3 is 10.6 Å². The molecule has 5 nitrogen and oxygen atoms in total. The number of pyridine rings is 1. The molecule has 1 aliphatic rings.